The van der Waals surface area contributed by atoms with Crippen LogP contribution in [0.2, 0.25) is 0 Å². The number of nitrogens with one attached hydrogen (secondary N) is 1. The summed E-state index contributed by atoms with van der Waals surface area (Å²) in [6.45, 7) is 3.58. The number of hydrogen-bond acceptors (Lipinski definition) is 3. The molecule has 0 bridgehead atoms. The number of anilines is 1. The Labute approximate surface area is 119 Å². The molecule has 0 heterocycles. The Kier molecular flexibility index (Phi) is 6.48. The molecule has 0 saturated heterocycles. The van der Waals surface area contributed by atoms with Crippen molar-refractivity contribution in [1.29, 1.82) is 0 Å². The third kappa shape index (κ3) is 4.58. The molecule has 1 aromatic carbocycles. The van der Waals surface area contributed by atoms with Crippen molar-refractivity contribution in [1.82, 2.24) is 5.32 Å². The van der Waals surface area contributed by atoms with Crippen LogP contribution in [0, 0.1) is 0 Å². The van der Waals surface area contributed by atoms with Crippen LogP contribution in [0.4, 0.5) is 5.69 Å². The van der Waals surface area contributed by atoms with Gasteiger partial charge in [0.2, 0.25) is 0 Å². The third-order valence-corrected chi connectivity index (χ3v) is 3.64. The van der Waals surface area contributed by atoms with Crippen molar-refractivity contribution in [3.63, 3.8) is 0 Å². The maximum absolute atomic E-state index is 10.1. The monoisotopic (exact) mass is 364 g/mol. The predicted molar refractivity (Wildman–Crippen MR) is 79.0 cm³/mol. The molecule has 0 radical (unpaired) electrons. The van der Waals surface area contributed by atoms with Crippen molar-refractivity contribution < 1.29 is 5.11 Å². The molecule has 1 aromatic rings. The Bertz CT molecular complexity index is 372. The van der Waals surface area contributed by atoms with Crippen LogP contribution in [-0.2, 0) is 0 Å². The molecule has 1 atom stereocenters. The summed E-state index contributed by atoms with van der Waals surface area (Å²) in [4.78, 5) is 0. The van der Waals surface area contributed by atoms with E-state index in [-0.39, 0.29) is 0 Å². The van der Waals surface area contributed by atoms with Crippen LogP contribution in [0.15, 0.2) is 21.1 Å². The highest BCUT2D eigenvalue weighted by Crippen LogP contribution is 2.31. The number of halogens is 2. The van der Waals surface area contributed by atoms with E-state index >= 15 is 0 Å². The topological polar surface area (TPSA) is 58.3 Å². The summed E-state index contributed by atoms with van der Waals surface area (Å²) in [5.74, 6) is 0. The molecule has 0 fully saturated rings. The van der Waals surface area contributed by atoms with Gasteiger partial charge in [0.25, 0.3) is 0 Å². The van der Waals surface area contributed by atoms with Crippen LogP contribution in [0.1, 0.15) is 31.4 Å². The molecule has 96 valence electrons. The van der Waals surface area contributed by atoms with Crippen molar-refractivity contribution in [2.24, 2.45) is 0 Å². The van der Waals surface area contributed by atoms with E-state index in [0.717, 1.165) is 33.9 Å². The standard InChI is InChI=1S/C12H18Br2N2O/c1-2-3-4-16-7-11(17)9-5-8(13)6-10(14)12(9)15/h5-6,11,16-17H,2-4,7,15H2,1H3. The lowest BCUT2D eigenvalue weighted by Gasteiger charge is -2.15. The number of hydrogen-bond donors (Lipinski definition) is 3. The zero-order chi connectivity index (χ0) is 12.8. The summed E-state index contributed by atoms with van der Waals surface area (Å²) in [6.07, 6.45) is 1.68. The molecular weight excluding hydrogens is 348 g/mol. The van der Waals surface area contributed by atoms with Gasteiger partial charge in [0.05, 0.1) is 11.8 Å². The van der Waals surface area contributed by atoms with Gasteiger partial charge in [0.15, 0.2) is 0 Å². The minimum Gasteiger partial charge on any atom is -0.398 e. The quantitative estimate of drug-likeness (QED) is 0.535. The lowest BCUT2D eigenvalue weighted by Crippen LogP contribution is -2.23. The van der Waals surface area contributed by atoms with E-state index in [1.807, 2.05) is 12.1 Å². The number of benzene rings is 1. The highest BCUT2D eigenvalue weighted by Gasteiger charge is 2.13. The van der Waals surface area contributed by atoms with Crippen molar-refractivity contribution >= 4 is 37.5 Å². The Morgan fingerprint density at radius 3 is 2.76 bits per heavy atom. The molecule has 5 heteroatoms. The van der Waals surface area contributed by atoms with E-state index in [2.05, 4.69) is 44.1 Å². The highest BCUT2D eigenvalue weighted by molar-refractivity contribution is 9.11. The van der Waals surface area contributed by atoms with Gasteiger partial charge >= 0.3 is 0 Å². The van der Waals surface area contributed by atoms with E-state index in [1.54, 1.807) is 0 Å². The summed E-state index contributed by atoms with van der Waals surface area (Å²) in [5.41, 5.74) is 7.27. The first-order chi connectivity index (χ1) is 8.06. The molecule has 0 aliphatic heterocycles. The van der Waals surface area contributed by atoms with Crippen molar-refractivity contribution in [3.05, 3.63) is 26.6 Å². The van der Waals surface area contributed by atoms with Crippen LogP contribution < -0.4 is 11.1 Å². The van der Waals surface area contributed by atoms with Crippen LogP contribution in [0.3, 0.4) is 0 Å². The van der Waals surface area contributed by atoms with Gasteiger partial charge in [-0.2, -0.15) is 0 Å². The van der Waals surface area contributed by atoms with Gasteiger partial charge < -0.3 is 16.2 Å². The second-order valence-electron chi connectivity index (χ2n) is 3.96. The zero-order valence-corrected chi connectivity index (χ0v) is 13.0. The molecule has 17 heavy (non-hydrogen) atoms. The number of nitrogens with two attached hydrogens (primary N) is 1. The first-order valence-corrected chi connectivity index (χ1v) is 7.28. The summed E-state index contributed by atoms with van der Waals surface area (Å²) in [5, 5.41) is 13.3. The summed E-state index contributed by atoms with van der Waals surface area (Å²) in [7, 11) is 0. The second kappa shape index (κ2) is 7.36. The fourth-order valence-electron chi connectivity index (χ4n) is 1.53. The molecule has 0 aromatic heterocycles. The van der Waals surface area contributed by atoms with E-state index in [0.29, 0.717) is 12.2 Å². The lowest BCUT2D eigenvalue weighted by atomic mass is 10.1. The third-order valence-electron chi connectivity index (χ3n) is 2.53. The number of aliphatic hydroxyl groups excluding tert-OH is 1. The van der Waals surface area contributed by atoms with Gasteiger partial charge in [-0.15, -0.1) is 0 Å². The Morgan fingerprint density at radius 2 is 2.12 bits per heavy atom. The summed E-state index contributed by atoms with van der Waals surface area (Å²) in [6, 6.07) is 3.72. The SMILES string of the molecule is CCCCNCC(O)c1cc(Br)cc(Br)c1N. The molecule has 1 unspecified atom stereocenters. The minimum absolute atomic E-state index is 0.521. The van der Waals surface area contributed by atoms with Crippen LogP contribution >= 0.6 is 31.9 Å². The largest absolute Gasteiger partial charge is 0.398 e. The number of nitrogen functional groups attached to an aromatic ring is 1. The Hall–Kier alpha value is -0.100. The maximum atomic E-state index is 10.1. The average molecular weight is 366 g/mol. The molecule has 0 spiro atoms. The van der Waals surface area contributed by atoms with E-state index in [1.165, 1.54) is 0 Å². The highest BCUT2D eigenvalue weighted by atomic mass is 79.9. The van der Waals surface area contributed by atoms with Gasteiger partial charge in [0.1, 0.15) is 0 Å². The fourth-order valence-corrected chi connectivity index (χ4v) is 2.79. The fraction of sp³-hybridized carbons (Fsp3) is 0.500. The predicted octanol–water partition coefficient (Wildman–Crippen LogP) is 3.22. The second-order valence-corrected chi connectivity index (χ2v) is 5.73. The van der Waals surface area contributed by atoms with Crippen molar-refractivity contribution in [2.75, 3.05) is 18.8 Å². The van der Waals surface area contributed by atoms with Gasteiger partial charge in [-0.3, -0.25) is 0 Å². The lowest BCUT2D eigenvalue weighted by molar-refractivity contribution is 0.175. The molecule has 3 nitrogen and oxygen atoms in total. The molecule has 1 rings (SSSR count). The normalized spacial score (nSPS) is 12.7. The Morgan fingerprint density at radius 1 is 1.41 bits per heavy atom. The van der Waals surface area contributed by atoms with Crippen LogP contribution in [0.25, 0.3) is 0 Å². The van der Waals surface area contributed by atoms with Crippen molar-refractivity contribution in [3.8, 4) is 0 Å². The first-order valence-electron chi connectivity index (χ1n) is 5.69. The zero-order valence-electron chi connectivity index (χ0n) is 9.84. The molecule has 4 N–H and O–H groups in total. The molecular formula is C12H18Br2N2O. The number of rotatable bonds is 6. The molecule has 0 aliphatic rings. The van der Waals surface area contributed by atoms with E-state index in [9.17, 15) is 5.11 Å². The molecule has 0 saturated carbocycles. The van der Waals surface area contributed by atoms with E-state index < -0.39 is 6.10 Å². The van der Waals surface area contributed by atoms with Gasteiger partial charge in [0, 0.05) is 21.1 Å². The number of unbranched alkanes of at least 4 members (excludes halogenated alkanes) is 1. The smallest absolute Gasteiger partial charge is 0.0934 e. The van der Waals surface area contributed by atoms with Crippen molar-refractivity contribution in [2.45, 2.75) is 25.9 Å². The van der Waals surface area contributed by atoms with E-state index in [4.69, 9.17) is 5.73 Å². The summed E-state index contributed by atoms with van der Waals surface area (Å²) >= 11 is 6.76. The first kappa shape index (κ1) is 15.0. The number of aliphatic hydroxyl groups is 1. The van der Waals surface area contributed by atoms with Gasteiger partial charge in [-0.25, -0.2) is 0 Å². The van der Waals surface area contributed by atoms with Gasteiger partial charge in [-0.05, 0) is 41.0 Å². The van der Waals surface area contributed by atoms with Crippen LogP contribution in [-0.4, -0.2) is 18.2 Å². The molecule has 0 amide bonds. The van der Waals surface area contributed by atoms with Crippen LogP contribution in [0.5, 0.6) is 0 Å². The summed E-state index contributed by atoms with van der Waals surface area (Å²) < 4.78 is 1.70. The molecule has 0 aliphatic carbocycles. The Balaban J connectivity index is 2.65. The maximum Gasteiger partial charge on any atom is 0.0934 e. The average Bonchev–Trinajstić information content (AvgIpc) is 2.29. The minimum atomic E-state index is -0.583. The van der Waals surface area contributed by atoms with Gasteiger partial charge in [-0.1, -0.05) is 29.3 Å².